The first-order valence-corrected chi connectivity index (χ1v) is 6.61. The lowest BCUT2D eigenvalue weighted by molar-refractivity contribution is 0.691. The van der Waals surface area contributed by atoms with Crippen molar-refractivity contribution < 1.29 is 4.21 Å². The van der Waals surface area contributed by atoms with Crippen molar-refractivity contribution in [1.82, 2.24) is 0 Å². The maximum Gasteiger partial charge on any atom is 0.0984 e. The van der Waals surface area contributed by atoms with Crippen molar-refractivity contribution >= 4 is 22.0 Å². The lowest BCUT2D eigenvalue weighted by atomic mass is 10.0. The van der Waals surface area contributed by atoms with Crippen LogP contribution in [0.1, 0.15) is 5.56 Å². The first kappa shape index (κ1) is 10.4. The highest BCUT2D eigenvalue weighted by molar-refractivity contribution is 7.99. The monoisotopic (exact) mass is 241 g/mol. The Hall–Kier alpha value is -1.74. The van der Waals surface area contributed by atoms with Gasteiger partial charge >= 0.3 is 0 Å². The third-order valence-corrected chi connectivity index (χ3v) is 3.91. The molecule has 84 valence electrons. The van der Waals surface area contributed by atoms with Gasteiger partial charge in [-0.25, -0.2) is 9.20 Å². The summed E-state index contributed by atoms with van der Waals surface area (Å²) >= 11 is 0. The van der Waals surface area contributed by atoms with Crippen molar-refractivity contribution in [3.05, 3.63) is 48.0 Å². The van der Waals surface area contributed by atoms with Crippen molar-refractivity contribution in [2.24, 2.45) is 4.99 Å². The quantitative estimate of drug-likeness (QED) is 0.752. The summed E-state index contributed by atoms with van der Waals surface area (Å²) in [5.41, 5.74) is 5.77. The Balaban J connectivity index is 2.09. The second kappa shape index (κ2) is 3.93. The van der Waals surface area contributed by atoms with Gasteiger partial charge in [0.2, 0.25) is 0 Å². The van der Waals surface area contributed by atoms with Gasteiger partial charge in [-0.2, -0.15) is 0 Å². The zero-order valence-electron chi connectivity index (χ0n) is 9.38. The molecule has 0 bridgehead atoms. The average molecular weight is 241 g/mol. The minimum absolute atomic E-state index is 0.808. The molecule has 0 aliphatic carbocycles. The zero-order chi connectivity index (χ0) is 11.8. The summed E-state index contributed by atoms with van der Waals surface area (Å²) < 4.78 is 11.7. The fourth-order valence-electron chi connectivity index (χ4n) is 1.87. The van der Waals surface area contributed by atoms with E-state index in [1.807, 2.05) is 18.2 Å². The summed E-state index contributed by atoms with van der Waals surface area (Å²) in [6.07, 6.45) is 0. The van der Waals surface area contributed by atoms with Gasteiger partial charge in [0.25, 0.3) is 0 Å². The molecule has 0 aromatic heterocycles. The molecule has 17 heavy (non-hydrogen) atoms. The van der Waals surface area contributed by atoms with E-state index in [0.29, 0.717) is 0 Å². The van der Waals surface area contributed by atoms with E-state index in [4.69, 9.17) is 0 Å². The van der Waals surface area contributed by atoms with Gasteiger partial charge in [-0.15, -0.1) is 0 Å². The van der Waals surface area contributed by atoms with Crippen molar-refractivity contribution in [3.8, 4) is 11.1 Å². The van der Waals surface area contributed by atoms with Crippen molar-refractivity contribution in [3.63, 3.8) is 0 Å². The van der Waals surface area contributed by atoms with Gasteiger partial charge in [0.1, 0.15) is 0 Å². The first-order valence-electron chi connectivity index (χ1n) is 5.40. The molecule has 0 radical (unpaired) electrons. The van der Waals surface area contributed by atoms with Crippen LogP contribution in [0.5, 0.6) is 0 Å². The highest BCUT2D eigenvalue weighted by atomic mass is 32.2. The van der Waals surface area contributed by atoms with Crippen LogP contribution >= 0.6 is 0 Å². The van der Waals surface area contributed by atoms with Gasteiger partial charge in [0.15, 0.2) is 0 Å². The molecular weight excluding hydrogens is 230 g/mol. The van der Waals surface area contributed by atoms with Crippen LogP contribution in [0, 0.1) is 6.92 Å². The molecule has 0 spiro atoms. The Morgan fingerprint density at radius 3 is 2.47 bits per heavy atom. The maximum atomic E-state index is 11.7. The van der Waals surface area contributed by atoms with Crippen molar-refractivity contribution in [2.45, 2.75) is 11.8 Å². The summed E-state index contributed by atoms with van der Waals surface area (Å²) in [6.45, 7) is 2.06. The molecular formula is C14H11NOS. The Morgan fingerprint density at radius 1 is 1.00 bits per heavy atom. The Kier molecular flexibility index (Phi) is 2.41. The number of benzene rings is 2. The molecule has 2 nitrogen and oxygen atoms in total. The summed E-state index contributed by atoms with van der Waals surface area (Å²) in [7, 11) is -1.08. The lowest BCUT2D eigenvalue weighted by Gasteiger charge is -2.04. The van der Waals surface area contributed by atoms with E-state index in [2.05, 4.69) is 36.2 Å². The minimum Gasteiger partial charge on any atom is -0.248 e. The third kappa shape index (κ3) is 1.83. The van der Waals surface area contributed by atoms with Crippen LogP contribution in [0.15, 0.2) is 52.4 Å². The van der Waals surface area contributed by atoms with E-state index in [-0.39, 0.29) is 0 Å². The summed E-state index contributed by atoms with van der Waals surface area (Å²) in [5, 5.41) is 0. The molecule has 2 aromatic carbocycles. The molecule has 1 heterocycles. The second-order valence-electron chi connectivity index (χ2n) is 4.08. The molecule has 0 amide bonds. The second-order valence-corrected chi connectivity index (χ2v) is 5.33. The van der Waals surface area contributed by atoms with Crippen LogP contribution in [0.2, 0.25) is 0 Å². The number of hydrogen-bond acceptors (Lipinski definition) is 2. The molecule has 1 aliphatic rings. The molecule has 1 aliphatic heterocycles. The topological polar surface area (TPSA) is 29.4 Å². The molecule has 0 saturated carbocycles. The molecule has 1 unspecified atom stereocenters. The van der Waals surface area contributed by atoms with Gasteiger partial charge in [-0.05, 0) is 30.2 Å². The number of nitrogens with zero attached hydrogens (tertiary/aromatic N) is 1. The first-order chi connectivity index (χ1) is 8.24. The largest absolute Gasteiger partial charge is 0.248 e. The van der Waals surface area contributed by atoms with E-state index < -0.39 is 10.8 Å². The van der Waals surface area contributed by atoms with E-state index in [0.717, 1.165) is 21.7 Å². The maximum absolute atomic E-state index is 11.7. The van der Waals surface area contributed by atoms with Gasteiger partial charge in [-0.3, -0.25) is 0 Å². The molecule has 0 fully saturated rings. The zero-order valence-corrected chi connectivity index (χ0v) is 10.2. The van der Waals surface area contributed by atoms with Crippen LogP contribution in [0.3, 0.4) is 0 Å². The van der Waals surface area contributed by atoms with Gasteiger partial charge in [0, 0.05) is 0 Å². The number of aryl methyl sites for hydroxylation is 1. The normalized spacial score (nSPS) is 17.1. The van der Waals surface area contributed by atoms with Gasteiger partial charge < -0.3 is 0 Å². The highest BCUT2D eigenvalue weighted by Gasteiger charge is 2.14. The smallest absolute Gasteiger partial charge is 0.0984 e. The number of rotatable bonds is 1. The number of fused-ring (bicyclic) bond motifs is 1. The fraction of sp³-hybridized carbons (Fsp3) is 0.0714. The minimum atomic E-state index is -1.08. The predicted molar refractivity (Wildman–Crippen MR) is 71.2 cm³/mol. The Bertz CT molecular complexity index is 629. The van der Waals surface area contributed by atoms with Gasteiger partial charge in [-0.1, -0.05) is 35.9 Å². The average Bonchev–Trinajstić information content (AvgIpc) is 2.72. The summed E-state index contributed by atoms with van der Waals surface area (Å²) in [4.78, 5) is 4.91. The molecule has 3 heteroatoms. The van der Waals surface area contributed by atoms with E-state index in [1.54, 1.807) is 0 Å². The fourth-order valence-corrected chi connectivity index (χ4v) is 2.76. The summed E-state index contributed by atoms with van der Waals surface area (Å²) in [5.74, 6) is 0. The summed E-state index contributed by atoms with van der Waals surface area (Å²) in [6, 6.07) is 14.2. The standard InChI is InChI=1S/C14H11NOS/c1-10-2-4-11(5-3-10)12-6-7-13-14(8-12)17(16)9-15-13/h2-9H,1H3. The van der Waals surface area contributed by atoms with Crippen LogP contribution in [0.4, 0.5) is 5.69 Å². The Morgan fingerprint density at radius 2 is 1.71 bits per heavy atom. The van der Waals surface area contributed by atoms with Crippen molar-refractivity contribution in [1.29, 1.82) is 0 Å². The van der Waals surface area contributed by atoms with E-state index >= 15 is 0 Å². The molecule has 3 rings (SSSR count). The highest BCUT2D eigenvalue weighted by Crippen LogP contribution is 2.32. The third-order valence-electron chi connectivity index (χ3n) is 2.85. The molecule has 0 N–H and O–H groups in total. The van der Waals surface area contributed by atoms with Gasteiger partial charge in [0.05, 0.1) is 26.9 Å². The SMILES string of the molecule is Cc1ccc(-c2ccc3c(c2)S(=O)C=N3)cc1. The molecule has 2 aromatic rings. The number of hydrogen-bond donors (Lipinski definition) is 0. The van der Waals surface area contributed by atoms with E-state index in [1.165, 1.54) is 11.1 Å². The lowest BCUT2D eigenvalue weighted by Crippen LogP contribution is -1.86. The molecule has 1 atom stereocenters. The van der Waals surface area contributed by atoms with Crippen LogP contribution in [0.25, 0.3) is 11.1 Å². The van der Waals surface area contributed by atoms with Crippen LogP contribution in [-0.2, 0) is 10.8 Å². The predicted octanol–water partition coefficient (Wildman–Crippen LogP) is 3.44. The van der Waals surface area contributed by atoms with Crippen LogP contribution in [-0.4, -0.2) is 9.76 Å². The van der Waals surface area contributed by atoms with E-state index in [9.17, 15) is 4.21 Å². The number of aliphatic imine (C=N–C) groups is 1. The van der Waals surface area contributed by atoms with Crippen LogP contribution < -0.4 is 0 Å². The molecule has 0 saturated heterocycles. The Labute approximate surface area is 102 Å². The van der Waals surface area contributed by atoms with Crippen molar-refractivity contribution in [2.75, 3.05) is 0 Å².